The van der Waals surface area contributed by atoms with Crippen LogP contribution in [0.3, 0.4) is 0 Å². The maximum Gasteiger partial charge on any atom is 0.199 e. The lowest BCUT2D eigenvalue weighted by Gasteiger charge is -2.42. The third-order valence-electron chi connectivity index (χ3n) is 5.52. The van der Waals surface area contributed by atoms with Gasteiger partial charge >= 0.3 is 0 Å². The van der Waals surface area contributed by atoms with Crippen LogP contribution in [0.2, 0.25) is 0 Å². The van der Waals surface area contributed by atoms with E-state index < -0.39 is 11.2 Å². The van der Waals surface area contributed by atoms with Gasteiger partial charge in [0.15, 0.2) is 11.4 Å². The Morgan fingerprint density at radius 1 is 1.05 bits per heavy atom. The van der Waals surface area contributed by atoms with Gasteiger partial charge in [0.05, 0.1) is 0 Å². The molecule has 2 fully saturated rings. The first-order valence-electron chi connectivity index (χ1n) is 6.94. The molecule has 19 heavy (non-hydrogen) atoms. The Morgan fingerprint density at radius 3 is 2.37 bits per heavy atom. The molecule has 0 N–H and O–H groups in total. The number of hydrogen-bond acceptors (Lipinski definition) is 2. The molecule has 1 saturated heterocycles. The summed E-state index contributed by atoms with van der Waals surface area (Å²) in [5.74, 6) is 0.729. The number of carbonyl (C=O) groups excluding carboxylic acids is 1. The molecule has 5 aliphatic rings. The van der Waals surface area contributed by atoms with Crippen molar-refractivity contribution in [1.29, 1.82) is 0 Å². The number of hydrogen-bond donors (Lipinski definition) is 0. The van der Waals surface area contributed by atoms with Crippen LogP contribution in [0.5, 0.6) is 0 Å². The highest BCUT2D eigenvalue weighted by Gasteiger charge is 2.84. The van der Waals surface area contributed by atoms with Gasteiger partial charge in [0.2, 0.25) is 0 Å². The minimum Gasteiger partial charge on any atom is -0.347 e. The van der Waals surface area contributed by atoms with Gasteiger partial charge in [-0.3, -0.25) is 4.79 Å². The molecule has 4 atom stereocenters. The predicted octanol–water partition coefficient (Wildman–Crippen LogP) is 3.00. The summed E-state index contributed by atoms with van der Waals surface area (Å²) in [5, 5.41) is 0. The van der Waals surface area contributed by atoms with E-state index in [4.69, 9.17) is 4.74 Å². The minimum atomic E-state index is -0.615. The molecule has 1 aromatic rings. The number of ether oxygens (including phenoxy) is 1. The van der Waals surface area contributed by atoms with E-state index in [0.29, 0.717) is 5.92 Å². The highest BCUT2D eigenvalue weighted by atomic mass is 16.6. The van der Waals surface area contributed by atoms with E-state index in [-0.39, 0.29) is 11.7 Å². The van der Waals surface area contributed by atoms with Gasteiger partial charge in [-0.1, -0.05) is 43.0 Å². The van der Waals surface area contributed by atoms with E-state index in [1.807, 2.05) is 24.3 Å². The van der Waals surface area contributed by atoms with Crippen molar-refractivity contribution in [2.75, 3.05) is 0 Å². The summed E-state index contributed by atoms with van der Waals surface area (Å²) in [6, 6.07) is 7.81. The summed E-state index contributed by atoms with van der Waals surface area (Å²) in [7, 11) is 0. The summed E-state index contributed by atoms with van der Waals surface area (Å²) in [6.45, 7) is 4.29. The van der Waals surface area contributed by atoms with Gasteiger partial charge < -0.3 is 4.74 Å². The van der Waals surface area contributed by atoms with Crippen LogP contribution in [0, 0.1) is 11.8 Å². The fourth-order valence-electron chi connectivity index (χ4n) is 4.67. The van der Waals surface area contributed by atoms with Crippen LogP contribution >= 0.6 is 0 Å². The first kappa shape index (κ1) is 10.2. The lowest BCUT2D eigenvalue weighted by molar-refractivity contribution is 0.0809. The molecular formula is C17H14O2. The quantitative estimate of drug-likeness (QED) is 0.523. The van der Waals surface area contributed by atoms with E-state index in [1.54, 1.807) is 0 Å². The predicted molar refractivity (Wildman–Crippen MR) is 71.7 cm³/mol. The summed E-state index contributed by atoms with van der Waals surface area (Å²) in [5.41, 5.74) is 1.76. The maximum absolute atomic E-state index is 12.9. The molecule has 0 unspecified atom stereocenters. The Balaban J connectivity index is 1.84. The highest BCUT2D eigenvalue weighted by molar-refractivity contribution is 6.16. The van der Waals surface area contributed by atoms with Gasteiger partial charge in [0.1, 0.15) is 5.60 Å². The van der Waals surface area contributed by atoms with E-state index in [9.17, 15) is 4.79 Å². The van der Waals surface area contributed by atoms with Gasteiger partial charge in [-0.2, -0.15) is 0 Å². The van der Waals surface area contributed by atoms with Crippen LogP contribution in [-0.4, -0.2) is 17.0 Å². The second kappa shape index (κ2) is 2.75. The van der Waals surface area contributed by atoms with Crippen molar-refractivity contribution in [3.8, 4) is 0 Å². The highest BCUT2D eigenvalue weighted by Crippen LogP contribution is 2.73. The molecule has 0 amide bonds. The zero-order valence-corrected chi connectivity index (χ0v) is 10.6. The molecule has 6 rings (SSSR count). The average Bonchev–Trinajstić information content (AvgIpc) is 3.22. The van der Waals surface area contributed by atoms with Crippen LogP contribution < -0.4 is 0 Å². The second-order valence-corrected chi connectivity index (χ2v) is 6.10. The summed E-state index contributed by atoms with van der Waals surface area (Å²) >= 11 is 0. The molecule has 2 bridgehead atoms. The van der Waals surface area contributed by atoms with Gasteiger partial charge in [0.25, 0.3) is 0 Å². The monoisotopic (exact) mass is 250 g/mol. The van der Waals surface area contributed by atoms with Crippen LogP contribution in [-0.2, 0) is 4.74 Å². The van der Waals surface area contributed by atoms with Crippen LogP contribution in [0.15, 0.2) is 43.0 Å². The van der Waals surface area contributed by atoms with Crippen molar-refractivity contribution >= 4 is 11.4 Å². The van der Waals surface area contributed by atoms with Crippen molar-refractivity contribution in [2.24, 2.45) is 11.8 Å². The minimum absolute atomic E-state index is 0.176. The molecule has 1 aromatic carbocycles. The Hall–Kier alpha value is -1.67. The van der Waals surface area contributed by atoms with Gasteiger partial charge in [0, 0.05) is 17.4 Å². The fourth-order valence-corrected chi connectivity index (χ4v) is 4.67. The molecule has 2 heteroatoms. The number of fused-ring (bicyclic) bond motifs is 2. The molecule has 0 radical (unpaired) electrons. The smallest absolute Gasteiger partial charge is 0.199 e. The SMILES string of the molecule is C=C1c2ccccc2C(=O)[C@@]23O[C@]12[C@H]1C=C[C@H]3CC1. The molecule has 4 aliphatic carbocycles. The molecular weight excluding hydrogens is 236 g/mol. The fraction of sp³-hybridized carbons (Fsp3) is 0.353. The molecule has 0 spiro atoms. The standard InChI is InChI=1S/C17H14O2/c1-10-13-4-2-3-5-14(13)15(18)17-12-8-6-11(7-9-12)16(10,17)19-17/h2-6,8,11-12H,1,7,9H2/t11-,12-,16-,17+/m0/s1. The van der Waals surface area contributed by atoms with Crippen LogP contribution in [0.25, 0.3) is 5.57 Å². The molecule has 1 saturated carbocycles. The van der Waals surface area contributed by atoms with Crippen LogP contribution in [0.4, 0.5) is 0 Å². The number of ketones is 1. The van der Waals surface area contributed by atoms with Crippen molar-refractivity contribution < 1.29 is 9.53 Å². The first-order valence-corrected chi connectivity index (χ1v) is 6.94. The summed E-state index contributed by atoms with van der Waals surface area (Å²) < 4.78 is 6.20. The number of rotatable bonds is 0. The maximum atomic E-state index is 12.9. The Labute approximate surface area is 111 Å². The normalized spacial score (nSPS) is 44.6. The van der Waals surface area contributed by atoms with E-state index in [1.165, 1.54) is 0 Å². The lowest BCUT2D eigenvalue weighted by Crippen LogP contribution is -2.52. The zero-order valence-electron chi connectivity index (χ0n) is 10.6. The number of epoxide rings is 1. The van der Waals surface area contributed by atoms with Gasteiger partial charge in [-0.25, -0.2) is 0 Å². The third-order valence-corrected chi connectivity index (χ3v) is 5.52. The molecule has 94 valence electrons. The summed E-state index contributed by atoms with van der Waals surface area (Å²) in [6.07, 6.45) is 6.60. The Kier molecular flexibility index (Phi) is 1.47. The topological polar surface area (TPSA) is 29.6 Å². The molecule has 2 nitrogen and oxygen atoms in total. The lowest BCUT2D eigenvalue weighted by atomic mass is 9.55. The van der Waals surface area contributed by atoms with E-state index in [0.717, 1.165) is 29.5 Å². The van der Waals surface area contributed by atoms with Crippen molar-refractivity contribution in [2.45, 2.75) is 24.0 Å². The largest absolute Gasteiger partial charge is 0.347 e. The third kappa shape index (κ3) is 0.810. The number of benzene rings is 1. The molecule has 0 aromatic heterocycles. The van der Waals surface area contributed by atoms with Gasteiger partial charge in [-0.15, -0.1) is 0 Å². The van der Waals surface area contributed by atoms with E-state index in [2.05, 4.69) is 18.7 Å². The van der Waals surface area contributed by atoms with Crippen molar-refractivity contribution in [3.63, 3.8) is 0 Å². The second-order valence-electron chi connectivity index (χ2n) is 6.10. The molecule has 1 heterocycles. The van der Waals surface area contributed by atoms with Crippen LogP contribution in [0.1, 0.15) is 28.8 Å². The average molecular weight is 250 g/mol. The van der Waals surface area contributed by atoms with Crippen molar-refractivity contribution in [1.82, 2.24) is 0 Å². The zero-order chi connectivity index (χ0) is 12.8. The summed E-state index contributed by atoms with van der Waals surface area (Å²) in [4.78, 5) is 12.9. The van der Waals surface area contributed by atoms with E-state index >= 15 is 0 Å². The Morgan fingerprint density at radius 2 is 1.68 bits per heavy atom. The number of Topliss-reactive ketones (excluding diaryl/α,β-unsaturated/α-hetero) is 1. The first-order chi connectivity index (χ1) is 9.22. The number of carbonyl (C=O) groups is 1. The van der Waals surface area contributed by atoms with Crippen molar-refractivity contribution in [3.05, 3.63) is 54.1 Å². The Bertz CT molecular complexity index is 629. The van der Waals surface area contributed by atoms with Gasteiger partial charge in [-0.05, 0) is 24.0 Å². The molecule has 1 aliphatic heterocycles.